The fraction of sp³-hybridized carbons (Fsp3) is 0.600. The third-order valence-electron chi connectivity index (χ3n) is 2.12. The average molecular weight is 215 g/mol. The molecule has 0 aliphatic carbocycles. The zero-order valence-electron chi connectivity index (χ0n) is 8.59. The molecule has 0 aliphatic rings. The van der Waals surface area contributed by atoms with Crippen molar-refractivity contribution in [2.24, 2.45) is 0 Å². The molecule has 78 valence electrons. The topological polar surface area (TPSA) is 34.9 Å². The molecule has 1 rings (SSSR count). The van der Waals surface area contributed by atoms with E-state index < -0.39 is 0 Å². The standard InChI is InChI=1S/C10H15ClN2O/c1-3-9(14)5-4-6-13-7-10(11)8(2)12-13/h7H,3-6H2,1-2H3. The van der Waals surface area contributed by atoms with Crippen molar-refractivity contribution in [2.45, 2.75) is 39.7 Å². The number of ketones is 1. The number of halogens is 1. The van der Waals surface area contributed by atoms with Crippen LogP contribution < -0.4 is 0 Å². The molecule has 0 fully saturated rings. The second kappa shape index (κ2) is 5.15. The van der Waals surface area contributed by atoms with Crippen LogP contribution in [0.3, 0.4) is 0 Å². The van der Waals surface area contributed by atoms with E-state index >= 15 is 0 Å². The largest absolute Gasteiger partial charge is 0.300 e. The van der Waals surface area contributed by atoms with Crippen molar-refractivity contribution in [3.05, 3.63) is 16.9 Å². The summed E-state index contributed by atoms with van der Waals surface area (Å²) in [6.45, 7) is 4.52. The van der Waals surface area contributed by atoms with Crippen LogP contribution in [0.25, 0.3) is 0 Å². The van der Waals surface area contributed by atoms with Crippen molar-refractivity contribution in [1.29, 1.82) is 0 Å². The van der Waals surface area contributed by atoms with Gasteiger partial charge in [-0.05, 0) is 13.3 Å². The Morgan fingerprint density at radius 2 is 2.36 bits per heavy atom. The second-order valence-electron chi connectivity index (χ2n) is 3.32. The Kier molecular flexibility index (Phi) is 4.14. The minimum atomic E-state index is 0.306. The fourth-order valence-electron chi connectivity index (χ4n) is 1.22. The van der Waals surface area contributed by atoms with Crippen LogP contribution in [-0.4, -0.2) is 15.6 Å². The summed E-state index contributed by atoms with van der Waals surface area (Å²) >= 11 is 5.85. The molecule has 0 unspecified atom stereocenters. The van der Waals surface area contributed by atoms with Crippen molar-refractivity contribution in [3.8, 4) is 0 Å². The van der Waals surface area contributed by atoms with Gasteiger partial charge in [-0.15, -0.1) is 0 Å². The van der Waals surface area contributed by atoms with E-state index in [-0.39, 0.29) is 0 Å². The maximum absolute atomic E-state index is 11.0. The molecular formula is C10H15ClN2O. The Hall–Kier alpha value is -0.830. The highest BCUT2D eigenvalue weighted by Gasteiger charge is 2.02. The highest BCUT2D eigenvalue weighted by Crippen LogP contribution is 2.12. The molecule has 0 atom stereocenters. The van der Waals surface area contributed by atoms with Gasteiger partial charge in [0.15, 0.2) is 0 Å². The Labute approximate surface area is 89.1 Å². The maximum atomic E-state index is 11.0. The predicted octanol–water partition coefficient (Wildman–Crippen LogP) is 2.60. The molecule has 1 aromatic rings. The van der Waals surface area contributed by atoms with E-state index in [0.717, 1.165) is 18.7 Å². The Morgan fingerprint density at radius 3 is 2.86 bits per heavy atom. The minimum Gasteiger partial charge on any atom is -0.300 e. The summed E-state index contributed by atoms with van der Waals surface area (Å²) in [4.78, 5) is 11.0. The molecule has 0 spiro atoms. The molecular weight excluding hydrogens is 200 g/mol. The van der Waals surface area contributed by atoms with E-state index in [1.165, 1.54) is 0 Å². The third-order valence-corrected chi connectivity index (χ3v) is 2.49. The summed E-state index contributed by atoms with van der Waals surface area (Å²) in [5.74, 6) is 0.306. The van der Waals surface area contributed by atoms with E-state index in [1.807, 2.05) is 13.8 Å². The summed E-state index contributed by atoms with van der Waals surface area (Å²) in [7, 11) is 0. The van der Waals surface area contributed by atoms with E-state index in [9.17, 15) is 4.79 Å². The molecule has 0 saturated heterocycles. The number of hydrogen-bond donors (Lipinski definition) is 0. The number of rotatable bonds is 5. The van der Waals surface area contributed by atoms with E-state index in [4.69, 9.17) is 11.6 Å². The molecule has 3 nitrogen and oxygen atoms in total. The highest BCUT2D eigenvalue weighted by molar-refractivity contribution is 6.31. The van der Waals surface area contributed by atoms with Crippen molar-refractivity contribution in [3.63, 3.8) is 0 Å². The Bertz CT molecular complexity index is 300. The van der Waals surface area contributed by atoms with Crippen LogP contribution in [0.5, 0.6) is 0 Å². The quantitative estimate of drug-likeness (QED) is 0.755. The molecule has 0 amide bonds. The average Bonchev–Trinajstić information content (AvgIpc) is 2.46. The number of carbonyl (C=O) groups excluding carboxylic acids is 1. The van der Waals surface area contributed by atoms with Gasteiger partial charge in [-0.2, -0.15) is 5.10 Å². The smallest absolute Gasteiger partial charge is 0.132 e. The van der Waals surface area contributed by atoms with Crippen molar-refractivity contribution < 1.29 is 4.79 Å². The first-order valence-corrected chi connectivity index (χ1v) is 5.22. The number of carbonyl (C=O) groups is 1. The SMILES string of the molecule is CCC(=O)CCCn1cc(Cl)c(C)n1. The molecule has 0 N–H and O–H groups in total. The van der Waals surface area contributed by atoms with Crippen LogP contribution in [0.15, 0.2) is 6.20 Å². The normalized spacial score (nSPS) is 10.5. The van der Waals surface area contributed by atoms with Crippen molar-refractivity contribution >= 4 is 17.4 Å². The van der Waals surface area contributed by atoms with Gasteiger partial charge < -0.3 is 0 Å². The van der Waals surface area contributed by atoms with Gasteiger partial charge in [0.2, 0.25) is 0 Å². The lowest BCUT2D eigenvalue weighted by molar-refractivity contribution is -0.118. The minimum absolute atomic E-state index is 0.306. The predicted molar refractivity (Wildman–Crippen MR) is 56.5 cm³/mol. The van der Waals surface area contributed by atoms with E-state index in [1.54, 1.807) is 10.9 Å². The van der Waals surface area contributed by atoms with Crippen molar-refractivity contribution in [2.75, 3.05) is 0 Å². The lowest BCUT2D eigenvalue weighted by Gasteiger charge is -1.99. The molecule has 1 aromatic heterocycles. The van der Waals surface area contributed by atoms with Gasteiger partial charge in [0.25, 0.3) is 0 Å². The molecule has 1 heterocycles. The van der Waals surface area contributed by atoms with Crippen LogP contribution in [0.1, 0.15) is 31.9 Å². The lowest BCUT2D eigenvalue weighted by Crippen LogP contribution is -2.02. The van der Waals surface area contributed by atoms with Crippen LogP contribution >= 0.6 is 11.6 Å². The maximum Gasteiger partial charge on any atom is 0.132 e. The molecule has 0 radical (unpaired) electrons. The third kappa shape index (κ3) is 3.14. The Morgan fingerprint density at radius 1 is 1.64 bits per heavy atom. The van der Waals surface area contributed by atoms with Gasteiger partial charge in [0.05, 0.1) is 10.7 Å². The summed E-state index contributed by atoms with van der Waals surface area (Å²) in [5.41, 5.74) is 0.841. The van der Waals surface area contributed by atoms with Gasteiger partial charge in [0, 0.05) is 25.6 Å². The molecule has 0 saturated carbocycles. The fourth-order valence-corrected chi connectivity index (χ4v) is 1.37. The van der Waals surface area contributed by atoms with Crippen molar-refractivity contribution in [1.82, 2.24) is 9.78 Å². The number of nitrogens with zero attached hydrogens (tertiary/aromatic N) is 2. The zero-order valence-corrected chi connectivity index (χ0v) is 9.34. The molecule has 0 aromatic carbocycles. The van der Waals surface area contributed by atoms with E-state index in [0.29, 0.717) is 23.6 Å². The molecule has 4 heteroatoms. The van der Waals surface area contributed by atoms with Gasteiger partial charge in [-0.3, -0.25) is 9.48 Å². The van der Waals surface area contributed by atoms with Gasteiger partial charge in [-0.1, -0.05) is 18.5 Å². The number of hydrogen-bond acceptors (Lipinski definition) is 2. The van der Waals surface area contributed by atoms with Crippen LogP contribution in [-0.2, 0) is 11.3 Å². The molecule has 0 bridgehead atoms. The molecule has 14 heavy (non-hydrogen) atoms. The summed E-state index contributed by atoms with van der Waals surface area (Å²) < 4.78 is 1.79. The first kappa shape index (κ1) is 11.2. The van der Waals surface area contributed by atoms with Crippen LogP contribution in [0, 0.1) is 6.92 Å². The highest BCUT2D eigenvalue weighted by atomic mass is 35.5. The Balaban J connectivity index is 2.35. The summed E-state index contributed by atoms with van der Waals surface area (Å²) in [6.07, 6.45) is 3.89. The lowest BCUT2D eigenvalue weighted by atomic mass is 10.2. The summed E-state index contributed by atoms with van der Waals surface area (Å²) in [5, 5.41) is 4.89. The number of Topliss-reactive ketones (excluding diaryl/α,β-unsaturated/α-hetero) is 1. The van der Waals surface area contributed by atoms with E-state index in [2.05, 4.69) is 5.10 Å². The first-order chi connectivity index (χ1) is 6.63. The number of aromatic nitrogens is 2. The first-order valence-electron chi connectivity index (χ1n) is 4.84. The monoisotopic (exact) mass is 214 g/mol. The van der Waals surface area contributed by atoms with Gasteiger partial charge in [0.1, 0.15) is 5.78 Å². The van der Waals surface area contributed by atoms with Gasteiger partial charge in [-0.25, -0.2) is 0 Å². The van der Waals surface area contributed by atoms with Gasteiger partial charge >= 0.3 is 0 Å². The summed E-state index contributed by atoms with van der Waals surface area (Å²) in [6, 6.07) is 0. The van der Waals surface area contributed by atoms with Crippen LogP contribution in [0.2, 0.25) is 5.02 Å². The molecule has 0 aliphatic heterocycles. The zero-order chi connectivity index (χ0) is 10.6. The van der Waals surface area contributed by atoms with Crippen LogP contribution in [0.4, 0.5) is 0 Å². The second-order valence-corrected chi connectivity index (χ2v) is 3.73. The number of aryl methyl sites for hydroxylation is 2.